The fraction of sp³-hybridized carbons (Fsp3) is 0.143. The minimum absolute atomic E-state index is 0.0964. The van der Waals surface area contributed by atoms with Crippen LogP contribution in [0.25, 0.3) is 10.2 Å². The molecule has 156 valence electrons. The highest BCUT2D eigenvalue weighted by Gasteiger charge is 2.22. The molecular formula is C21H20BrN3O3S2. The molecule has 0 saturated carbocycles. The number of benzene rings is 2. The van der Waals surface area contributed by atoms with Crippen LogP contribution in [0, 0.1) is 0 Å². The molecule has 9 heteroatoms. The van der Waals surface area contributed by atoms with E-state index >= 15 is 0 Å². The number of aromatic nitrogens is 1. The fourth-order valence-corrected chi connectivity index (χ4v) is 6.08. The molecule has 6 nitrogen and oxygen atoms in total. The van der Waals surface area contributed by atoms with Crippen LogP contribution in [-0.4, -0.2) is 36.3 Å². The maximum absolute atomic E-state index is 12.8. The van der Waals surface area contributed by atoms with Crippen molar-refractivity contribution in [1.29, 1.82) is 0 Å². The average molecular weight is 506 g/mol. The third-order valence-electron chi connectivity index (χ3n) is 4.38. The number of rotatable bonds is 7. The molecule has 0 spiro atoms. The summed E-state index contributed by atoms with van der Waals surface area (Å²) in [6, 6.07) is 11.6. The van der Waals surface area contributed by atoms with E-state index in [0.717, 1.165) is 14.7 Å². The van der Waals surface area contributed by atoms with E-state index in [-0.39, 0.29) is 18.0 Å². The summed E-state index contributed by atoms with van der Waals surface area (Å²) in [5.74, 6) is -0.439. The van der Waals surface area contributed by atoms with Gasteiger partial charge in [0.1, 0.15) is 0 Å². The third-order valence-corrected chi connectivity index (χ3v) is 7.96. The second kappa shape index (κ2) is 9.22. The van der Waals surface area contributed by atoms with Crippen LogP contribution in [0.3, 0.4) is 0 Å². The molecule has 0 radical (unpaired) electrons. The zero-order valence-electron chi connectivity index (χ0n) is 16.3. The minimum atomic E-state index is -3.71. The second-order valence-electron chi connectivity index (χ2n) is 6.37. The largest absolute Gasteiger partial charge is 0.318 e. The molecule has 0 bridgehead atoms. The Morgan fingerprint density at radius 1 is 1.17 bits per heavy atom. The van der Waals surface area contributed by atoms with Gasteiger partial charge in [0.05, 0.1) is 15.1 Å². The molecule has 0 unspecified atom stereocenters. The van der Waals surface area contributed by atoms with Gasteiger partial charge in [0.2, 0.25) is 10.0 Å². The van der Waals surface area contributed by atoms with Gasteiger partial charge in [0.25, 0.3) is 5.91 Å². The van der Waals surface area contributed by atoms with Crippen molar-refractivity contribution in [1.82, 2.24) is 8.87 Å². The normalized spacial score (nSPS) is 12.4. The van der Waals surface area contributed by atoms with Crippen molar-refractivity contribution in [2.45, 2.75) is 4.90 Å². The molecule has 0 saturated heterocycles. The predicted octanol–water partition coefficient (Wildman–Crippen LogP) is 4.11. The van der Waals surface area contributed by atoms with Crippen molar-refractivity contribution in [3.8, 4) is 0 Å². The van der Waals surface area contributed by atoms with Gasteiger partial charge in [-0.05, 0) is 52.3 Å². The molecule has 0 fully saturated rings. The van der Waals surface area contributed by atoms with Gasteiger partial charge in [-0.2, -0.15) is 9.30 Å². The van der Waals surface area contributed by atoms with Crippen LogP contribution < -0.4 is 4.80 Å². The smallest absolute Gasteiger partial charge is 0.279 e. The van der Waals surface area contributed by atoms with Crippen molar-refractivity contribution in [2.24, 2.45) is 12.0 Å². The van der Waals surface area contributed by atoms with Crippen LogP contribution in [0.4, 0.5) is 0 Å². The number of thiazole rings is 1. The molecule has 0 aliphatic rings. The van der Waals surface area contributed by atoms with Gasteiger partial charge >= 0.3 is 0 Å². The highest BCUT2D eigenvalue weighted by Crippen LogP contribution is 2.25. The first-order valence-corrected chi connectivity index (χ1v) is 12.0. The molecule has 3 aromatic rings. The number of hydrogen-bond acceptors (Lipinski definition) is 4. The van der Waals surface area contributed by atoms with Crippen molar-refractivity contribution in [2.75, 3.05) is 13.1 Å². The Morgan fingerprint density at radius 3 is 2.37 bits per heavy atom. The summed E-state index contributed by atoms with van der Waals surface area (Å²) in [4.78, 5) is 17.5. The minimum Gasteiger partial charge on any atom is -0.318 e. The SMILES string of the molecule is C=CCN(CC=C)S(=O)(=O)c1ccc(C(=O)N=c2sc3cccc(Br)c3n2C)cc1. The van der Waals surface area contributed by atoms with E-state index in [0.29, 0.717) is 10.4 Å². The van der Waals surface area contributed by atoms with E-state index in [1.165, 1.54) is 52.1 Å². The van der Waals surface area contributed by atoms with Gasteiger partial charge in [-0.1, -0.05) is 29.6 Å². The number of aryl methyl sites for hydroxylation is 1. The van der Waals surface area contributed by atoms with Crippen molar-refractivity contribution >= 4 is 53.4 Å². The number of para-hydroxylation sites is 1. The number of hydrogen-bond donors (Lipinski definition) is 0. The van der Waals surface area contributed by atoms with E-state index < -0.39 is 15.9 Å². The van der Waals surface area contributed by atoms with Crippen LogP contribution in [-0.2, 0) is 17.1 Å². The fourth-order valence-electron chi connectivity index (χ4n) is 2.89. The van der Waals surface area contributed by atoms with Crippen molar-refractivity contribution < 1.29 is 13.2 Å². The van der Waals surface area contributed by atoms with E-state index in [1.807, 2.05) is 29.8 Å². The Bertz CT molecular complexity index is 1280. The lowest BCUT2D eigenvalue weighted by atomic mass is 10.2. The molecule has 1 heterocycles. The van der Waals surface area contributed by atoms with Crippen molar-refractivity contribution in [3.63, 3.8) is 0 Å². The number of carbonyl (C=O) groups is 1. The summed E-state index contributed by atoms with van der Waals surface area (Å²) in [7, 11) is -1.87. The first-order chi connectivity index (χ1) is 14.3. The van der Waals surface area contributed by atoms with Gasteiger partial charge in [0.15, 0.2) is 4.80 Å². The third kappa shape index (κ3) is 4.39. The maximum Gasteiger partial charge on any atom is 0.279 e. The first kappa shape index (κ1) is 22.4. The molecule has 30 heavy (non-hydrogen) atoms. The zero-order chi connectivity index (χ0) is 21.9. The number of amides is 1. The van der Waals surface area contributed by atoms with E-state index in [2.05, 4.69) is 34.1 Å². The van der Waals surface area contributed by atoms with Gasteiger partial charge in [-0.25, -0.2) is 8.42 Å². The number of nitrogens with zero attached hydrogens (tertiary/aromatic N) is 3. The monoisotopic (exact) mass is 505 g/mol. The molecule has 0 aliphatic heterocycles. The summed E-state index contributed by atoms with van der Waals surface area (Å²) >= 11 is 4.93. The van der Waals surface area contributed by atoms with Crippen LogP contribution in [0.1, 0.15) is 10.4 Å². The molecule has 0 atom stereocenters. The van der Waals surface area contributed by atoms with Gasteiger partial charge in [-0.3, -0.25) is 4.79 Å². The quantitative estimate of drug-likeness (QED) is 0.453. The Kier molecular flexibility index (Phi) is 6.87. The summed E-state index contributed by atoms with van der Waals surface area (Å²) in [5.41, 5.74) is 1.27. The Morgan fingerprint density at radius 2 is 1.80 bits per heavy atom. The molecule has 2 aromatic carbocycles. The average Bonchev–Trinajstić information content (AvgIpc) is 3.04. The molecular weight excluding hydrogens is 486 g/mol. The standard InChI is InChI=1S/C21H20BrN3O3S2/c1-4-13-25(14-5-2)30(27,28)16-11-9-15(10-12-16)20(26)23-21-24(3)19-17(22)7-6-8-18(19)29-21/h4-12H,1-2,13-14H2,3H3. The van der Waals surface area contributed by atoms with Gasteiger partial charge in [-0.15, -0.1) is 13.2 Å². The van der Waals surface area contributed by atoms with Crippen LogP contribution in [0.15, 0.2) is 82.1 Å². The molecule has 3 rings (SSSR count). The Labute approximate surface area is 187 Å². The zero-order valence-corrected chi connectivity index (χ0v) is 19.5. The lowest BCUT2D eigenvalue weighted by Gasteiger charge is -2.19. The Hall–Kier alpha value is -2.33. The Balaban J connectivity index is 1.93. The maximum atomic E-state index is 12.8. The van der Waals surface area contributed by atoms with Crippen molar-refractivity contribution in [3.05, 3.63) is 82.6 Å². The predicted molar refractivity (Wildman–Crippen MR) is 124 cm³/mol. The highest BCUT2D eigenvalue weighted by molar-refractivity contribution is 9.10. The molecule has 0 N–H and O–H groups in total. The number of halogens is 1. The number of fused-ring (bicyclic) bond motifs is 1. The highest BCUT2D eigenvalue weighted by atomic mass is 79.9. The lowest BCUT2D eigenvalue weighted by Crippen LogP contribution is -2.31. The van der Waals surface area contributed by atoms with E-state index in [1.54, 1.807) is 0 Å². The van der Waals surface area contributed by atoms with Gasteiger partial charge < -0.3 is 4.57 Å². The summed E-state index contributed by atoms with van der Waals surface area (Å²) in [6.45, 7) is 7.53. The summed E-state index contributed by atoms with van der Waals surface area (Å²) in [5, 5.41) is 0. The second-order valence-corrected chi connectivity index (χ2v) is 10.2. The lowest BCUT2D eigenvalue weighted by molar-refractivity contribution is 0.0998. The molecule has 1 aromatic heterocycles. The van der Waals surface area contributed by atoms with Crippen LogP contribution in [0.2, 0.25) is 0 Å². The van der Waals surface area contributed by atoms with Crippen LogP contribution >= 0.6 is 27.3 Å². The van der Waals surface area contributed by atoms with E-state index in [9.17, 15) is 13.2 Å². The van der Waals surface area contributed by atoms with Gasteiger partial charge in [0, 0.05) is 30.2 Å². The number of carbonyl (C=O) groups excluding carboxylic acids is 1. The number of sulfonamides is 1. The van der Waals surface area contributed by atoms with Crippen LogP contribution in [0.5, 0.6) is 0 Å². The summed E-state index contributed by atoms with van der Waals surface area (Å²) in [6.07, 6.45) is 3.03. The van der Waals surface area contributed by atoms with E-state index in [4.69, 9.17) is 0 Å². The molecule has 0 aliphatic carbocycles. The molecule has 1 amide bonds. The summed E-state index contributed by atoms with van der Waals surface area (Å²) < 4.78 is 30.6. The topological polar surface area (TPSA) is 71.7 Å². The first-order valence-electron chi connectivity index (χ1n) is 8.94.